The van der Waals surface area contributed by atoms with Crippen molar-refractivity contribution in [1.29, 1.82) is 0 Å². The van der Waals surface area contributed by atoms with Gasteiger partial charge in [0.1, 0.15) is 0 Å². The molecule has 3 nitrogen and oxygen atoms in total. The van der Waals surface area contributed by atoms with E-state index in [2.05, 4.69) is 5.32 Å². The fourth-order valence-electron chi connectivity index (χ4n) is 0.629. The zero-order chi connectivity index (χ0) is 8.15. The highest BCUT2D eigenvalue weighted by molar-refractivity contribution is 5.75. The van der Waals surface area contributed by atoms with Crippen LogP contribution in [0.15, 0.2) is 0 Å². The van der Waals surface area contributed by atoms with E-state index < -0.39 is 0 Å². The molecule has 0 aromatic heterocycles. The Morgan fingerprint density at radius 2 is 2.00 bits per heavy atom. The molecule has 1 atom stereocenters. The van der Waals surface area contributed by atoms with E-state index >= 15 is 0 Å². The molecule has 0 aromatic carbocycles. The van der Waals surface area contributed by atoms with Gasteiger partial charge < -0.3 is 5.73 Å². The van der Waals surface area contributed by atoms with Gasteiger partial charge in [-0.1, -0.05) is 13.8 Å². The summed E-state index contributed by atoms with van der Waals surface area (Å²) in [4.78, 5) is 10.8. The predicted molar refractivity (Wildman–Crippen MR) is 40.2 cm³/mol. The predicted octanol–water partition coefficient (Wildman–Crippen LogP) is 0.468. The van der Waals surface area contributed by atoms with Gasteiger partial charge in [0, 0.05) is 6.42 Å². The highest BCUT2D eigenvalue weighted by atomic mass is 16.1. The minimum atomic E-state index is -0.355. The Morgan fingerprint density at radius 3 is 2.30 bits per heavy atom. The van der Waals surface area contributed by atoms with Crippen LogP contribution in [0.3, 0.4) is 0 Å². The van der Waals surface area contributed by atoms with Gasteiger partial charge in [-0.3, -0.25) is 4.79 Å². The van der Waals surface area contributed by atoms with E-state index in [1.54, 1.807) is 6.92 Å². The number of rotatable bonds is 3. The van der Waals surface area contributed by atoms with E-state index in [4.69, 9.17) is 5.73 Å². The van der Waals surface area contributed by atoms with E-state index in [0.717, 1.165) is 0 Å². The van der Waals surface area contributed by atoms with Crippen molar-refractivity contribution in [1.82, 2.24) is 5.32 Å². The lowest BCUT2D eigenvalue weighted by Crippen LogP contribution is -2.32. The number of amides is 1. The lowest BCUT2D eigenvalue weighted by atomic mass is 10.1. The highest BCUT2D eigenvalue weighted by Crippen LogP contribution is 1.98. The molecule has 0 saturated carbocycles. The van der Waals surface area contributed by atoms with E-state index in [1.165, 1.54) is 0 Å². The maximum absolute atomic E-state index is 10.8. The first-order chi connectivity index (χ1) is 4.52. The second-order valence-electron chi connectivity index (χ2n) is 2.86. The number of carbonyl (C=O) groups excluding carboxylic acids is 1. The van der Waals surface area contributed by atoms with Crippen LogP contribution < -0.4 is 11.1 Å². The molecule has 1 unspecified atom stereocenters. The third kappa shape index (κ3) is 5.56. The van der Waals surface area contributed by atoms with Gasteiger partial charge in [0.15, 0.2) is 0 Å². The second-order valence-corrected chi connectivity index (χ2v) is 2.86. The van der Waals surface area contributed by atoms with Crippen molar-refractivity contribution in [2.45, 2.75) is 33.4 Å². The second kappa shape index (κ2) is 4.28. The van der Waals surface area contributed by atoms with E-state index in [9.17, 15) is 4.79 Å². The summed E-state index contributed by atoms with van der Waals surface area (Å²) >= 11 is 0. The van der Waals surface area contributed by atoms with Gasteiger partial charge in [-0.2, -0.15) is 0 Å². The first-order valence-corrected chi connectivity index (χ1v) is 3.51. The molecule has 0 aliphatic carbocycles. The molecule has 10 heavy (non-hydrogen) atoms. The van der Waals surface area contributed by atoms with Crippen molar-refractivity contribution in [2.75, 3.05) is 0 Å². The lowest BCUT2D eigenvalue weighted by Gasteiger charge is -2.05. The van der Waals surface area contributed by atoms with Gasteiger partial charge in [-0.15, -0.1) is 0 Å². The maximum atomic E-state index is 10.8. The molecule has 1 radical (unpaired) electrons. The Balaban J connectivity index is 3.44. The van der Waals surface area contributed by atoms with Crippen LogP contribution in [0.4, 0.5) is 0 Å². The largest absolute Gasteiger partial charge is 0.310 e. The van der Waals surface area contributed by atoms with Gasteiger partial charge in [0.05, 0.1) is 6.17 Å². The molecular formula is C7H15N2O. The zero-order valence-electron chi connectivity index (χ0n) is 6.79. The molecule has 0 spiro atoms. The smallest absolute Gasteiger partial charge is 0.242 e. The Hall–Kier alpha value is -0.570. The number of nitrogens with two attached hydrogens (primary N) is 1. The van der Waals surface area contributed by atoms with Crippen LogP contribution >= 0.6 is 0 Å². The summed E-state index contributed by atoms with van der Waals surface area (Å²) in [5.74, 6) is 0.278. The van der Waals surface area contributed by atoms with Crippen LogP contribution in [-0.2, 0) is 4.79 Å². The number of carbonyl (C=O) groups is 1. The summed E-state index contributed by atoms with van der Waals surface area (Å²) in [6.45, 7) is 5.65. The molecule has 59 valence electrons. The molecule has 0 fully saturated rings. The first-order valence-electron chi connectivity index (χ1n) is 3.51. The molecule has 1 amide bonds. The average molecular weight is 143 g/mol. The maximum Gasteiger partial charge on any atom is 0.242 e. The minimum absolute atomic E-state index is 0.0926. The van der Waals surface area contributed by atoms with Crippen LogP contribution in [0.5, 0.6) is 0 Å². The zero-order valence-corrected chi connectivity index (χ0v) is 6.79. The van der Waals surface area contributed by atoms with Crippen LogP contribution in [0.2, 0.25) is 0 Å². The molecular weight excluding hydrogens is 128 g/mol. The van der Waals surface area contributed by atoms with Crippen molar-refractivity contribution < 1.29 is 4.79 Å². The summed E-state index contributed by atoms with van der Waals surface area (Å²) in [7, 11) is 0. The molecule has 0 aliphatic rings. The van der Waals surface area contributed by atoms with E-state index in [0.29, 0.717) is 12.3 Å². The summed E-state index contributed by atoms with van der Waals surface area (Å²) in [6.07, 6.45) is 0.146. The summed E-state index contributed by atoms with van der Waals surface area (Å²) < 4.78 is 0. The number of hydrogen-bond donors (Lipinski definition) is 1. The third-order valence-corrected chi connectivity index (χ3v) is 0.930. The van der Waals surface area contributed by atoms with Crippen molar-refractivity contribution in [3.05, 3.63) is 0 Å². The minimum Gasteiger partial charge on any atom is -0.310 e. The normalized spacial score (nSPS) is 13.3. The quantitative estimate of drug-likeness (QED) is 0.624. The van der Waals surface area contributed by atoms with Gasteiger partial charge in [-0.25, -0.2) is 5.32 Å². The van der Waals surface area contributed by atoms with Crippen LogP contribution in [0.25, 0.3) is 0 Å². The van der Waals surface area contributed by atoms with Crippen LogP contribution in [-0.4, -0.2) is 12.1 Å². The topological polar surface area (TPSA) is 57.2 Å². The molecule has 0 aliphatic heterocycles. The van der Waals surface area contributed by atoms with Crippen LogP contribution in [0, 0.1) is 5.92 Å². The third-order valence-electron chi connectivity index (χ3n) is 0.930. The fourth-order valence-corrected chi connectivity index (χ4v) is 0.629. The highest BCUT2D eigenvalue weighted by Gasteiger charge is 2.06. The van der Waals surface area contributed by atoms with E-state index in [-0.39, 0.29) is 12.1 Å². The summed E-state index contributed by atoms with van der Waals surface area (Å²) in [5, 5.41) is 3.66. The van der Waals surface area contributed by atoms with Gasteiger partial charge >= 0.3 is 0 Å². The van der Waals surface area contributed by atoms with Crippen molar-refractivity contribution >= 4 is 5.91 Å². The van der Waals surface area contributed by atoms with Gasteiger partial charge in [-0.05, 0) is 12.8 Å². The Bertz CT molecular complexity index is 98.2. The fraction of sp³-hybridized carbons (Fsp3) is 0.857. The average Bonchev–Trinajstić information content (AvgIpc) is 1.58. The molecule has 2 N–H and O–H groups in total. The lowest BCUT2D eigenvalue weighted by molar-refractivity contribution is -0.122. The van der Waals surface area contributed by atoms with Gasteiger partial charge in [0.25, 0.3) is 0 Å². The first kappa shape index (κ1) is 9.43. The number of nitrogens with zero attached hydrogens (tertiary/aromatic N) is 1. The Labute approximate surface area is 62.0 Å². The van der Waals surface area contributed by atoms with Crippen LogP contribution in [0.1, 0.15) is 27.2 Å². The monoisotopic (exact) mass is 143 g/mol. The van der Waals surface area contributed by atoms with Crippen molar-refractivity contribution in [3.8, 4) is 0 Å². The molecule has 0 saturated heterocycles. The van der Waals surface area contributed by atoms with Gasteiger partial charge in [0.2, 0.25) is 5.91 Å². The molecule has 0 bridgehead atoms. The van der Waals surface area contributed by atoms with E-state index in [1.807, 2.05) is 13.8 Å². The summed E-state index contributed by atoms with van der Waals surface area (Å²) in [5.41, 5.74) is 5.28. The molecule has 3 heteroatoms. The van der Waals surface area contributed by atoms with Crippen molar-refractivity contribution in [3.63, 3.8) is 0 Å². The Kier molecular flexibility index (Phi) is 4.03. The van der Waals surface area contributed by atoms with Crippen molar-refractivity contribution in [2.24, 2.45) is 11.7 Å². The molecule has 0 aromatic rings. The summed E-state index contributed by atoms with van der Waals surface area (Å²) in [6, 6.07) is 0. The number of hydrogen-bond acceptors (Lipinski definition) is 2. The SMILES string of the molecule is CC(C)CC(=O)[N]C(C)N. The molecule has 0 heterocycles. The standard InChI is InChI=1S/C7H15N2O/c1-5(2)4-7(10)9-6(3)8/h5-6H,4,8H2,1-3H3. The molecule has 0 rings (SSSR count). The Morgan fingerprint density at radius 1 is 1.50 bits per heavy atom.